The van der Waals surface area contributed by atoms with Crippen molar-refractivity contribution in [2.45, 2.75) is 69.6 Å². The quantitative estimate of drug-likeness (QED) is 0.816. The average Bonchev–Trinajstić information content (AvgIpc) is 3.08. The molecule has 2 nitrogen and oxygen atoms in total. The average molecular weight is 235 g/mol. The number of rotatable bonds is 3. The lowest BCUT2D eigenvalue weighted by atomic mass is 9.77. The highest BCUT2D eigenvalue weighted by Crippen LogP contribution is 2.51. The maximum Gasteiger partial charge on any atom is 0.0623 e. The second-order valence-electron chi connectivity index (χ2n) is 7.11. The zero-order valence-electron chi connectivity index (χ0n) is 10.7. The summed E-state index contributed by atoms with van der Waals surface area (Å²) in [5.41, 5.74) is 6.50. The molecule has 2 saturated heterocycles. The summed E-state index contributed by atoms with van der Waals surface area (Å²) in [6.45, 7) is 0. The number of ether oxygens (including phenoxy) is 1. The molecule has 4 rings (SSSR count). The summed E-state index contributed by atoms with van der Waals surface area (Å²) in [6, 6.07) is 0.426. The summed E-state index contributed by atoms with van der Waals surface area (Å²) >= 11 is 0. The number of hydrogen-bond acceptors (Lipinski definition) is 2. The lowest BCUT2D eigenvalue weighted by Gasteiger charge is -2.30. The monoisotopic (exact) mass is 235 g/mol. The van der Waals surface area contributed by atoms with E-state index in [0.717, 1.165) is 17.8 Å². The second-order valence-corrected chi connectivity index (χ2v) is 7.11. The van der Waals surface area contributed by atoms with Crippen molar-refractivity contribution in [1.29, 1.82) is 0 Å². The minimum atomic E-state index is 0.426. The molecule has 0 aromatic heterocycles. The summed E-state index contributed by atoms with van der Waals surface area (Å²) < 4.78 is 5.95. The van der Waals surface area contributed by atoms with Gasteiger partial charge in [-0.3, -0.25) is 0 Å². The zero-order chi connectivity index (χ0) is 11.4. The molecule has 0 aromatic carbocycles. The van der Waals surface area contributed by atoms with Gasteiger partial charge < -0.3 is 10.5 Å². The van der Waals surface area contributed by atoms with Crippen LogP contribution < -0.4 is 5.73 Å². The number of hydrogen-bond donors (Lipinski definition) is 1. The van der Waals surface area contributed by atoms with Crippen molar-refractivity contribution in [2.75, 3.05) is 0 Å². The van der Waals surface area contributed by atoms with E-state index in [0.29, 0.717) is 24.2 Å². The van der Waals surface area contributed by atoms with Crippen molar-refractivity contribution in [3.8, 4) is 0 Å². The molecule has 96 valence electrons. The van der Waals surface area contributed by atoms with E-state index in [2.05, 4.69) is 0 Å². The molecule has 2 aliphatic carbocycles. The van der Waals surface area contributed by atoms with Crippen LogP contribution in [0.4, 0.5) is 0 Å². The van der Waals surface area contributed by atoms with E-state index in [4.69, 9.17) is 10.5 Å². The Labute approximate surface area is 104 Å². The molecule has 4 bridgehead atoms. The summed E-state index contributed by atoms with van der Waals surface area (Å²) in [7, 11) is 0. The molecule has 7 atom stereocenters. The van der Waals surface area contributed by atoms with Gasteiger partial charge in [0.1, 0.15) is 0 Å². The van der Waals surface area contributed by atoms with Crippen molar-refractivity contribution in [3.05, 3.63) is 0 Å². The Hall–Kier alpha value is -0.0800. The van der Waals surface area contributed by atoms with Gasteiger partial charge in [-0.25, -0.2) is 0 Å². The van der Waals surface area contributed by atoms with Gasteiger partial charge >= 0.3 is 0 Å². The smallest absolute Gasteiger partial charge is 0.0623 e. The number of fused-ring (bicyclic) bond motifs is 4. The lowest BCUT2D eigenvalue weighted by Crippen LogP contribution is -2.38. The molecule has 2 saturated carbocycles. The van der Waals surface area contributed by atoms with Gasteiger partial charge in [-0.05, 0) is 62.7 Å². The second kappa shape index (κ2) is 3.96. The van der Waals surface area contributed by atoms with Crippen LogP contribution in [0.15, 0.2) is 0 Å². The molecule has 17 heavy (non-hydrogen) atoms. The van der Waals surface area contributed by atoms with Crippen LogP contribution in [0.25, 0.3) is 0 Å². The summed E-state index contributed by atoms with van der Waals surface area (Å²) in [4.78, 5) is 0. The molecule has 0 aromatic rings. The van der Waals surface area contributed by atoms with E-state index >= 15 is 0 Å². The van der Waals surface area contributed by atoms with Crippen LogP contribution in [-0.4, -0.2) is 18.2 Å². The fourth-order valence-electron chi connectivity index (χ4n) is 5.32. The largest absolute Gasteiger partial charge is 0.375 e. The molecular weight excluding hydrogens is 210 g/mol. The summed E-state index contributed by atoms with van der Waals surface area (Å²) in [5, 5.41) is 0. The van der Waals surface area contributed by atoms with Crippen LogP contribution >= 0.6 is 0 Å². The minimum absolute atomic E-state index is 0.426. The van der Waals surface area contributed by atoms with Crippen molar-refractivity contribution in [1.82, 2.24) is 0 Å². The van der Waals surface area contributed by atoms with Crippen LogP contribution in [-0.2, 0) is 4.74 Å². The minimum Gasteiger partial charge on any atom is -0.375 e. The van der Waals surface area contributed by atoms with Gasteiger partial charge in [0.05, 0.1) is 12.2 Å². The van der Waals surface area contributed by atoms with Crippen molar-refractivity contribution in [2.24, 2.45) is 29.4 Å². The highest BCUT2D eigenvalue weighted by atomic mass is 16.5. The Morgan fingerprint density at radius 2 is 2.00 bits per heavy atom. The molecule has 0 radical (unpaired) electrons. The van der Waals surface area contributed by atoms with E-state index in [1.807, 2.05) is 0 Å². The molecule has 2 heterocycles. The molecule has 2 N–H and O–H groups in total. The highest BCUT2D eigenvalue weighted by Gasteiger charge is 2.46. The van der Waals surface area contributed by atoms with Crippen LogP contribution in [0.1, 0.15) is 51.4 Å². The summed E-state index contributed by atoms with van der Waals surface area (Å²) in [6.07, 6.45) is 12.2. The molecule has 4 aliphatic rings. The maximum atomic E-state index is 6.50. The molecule has 0 spiro atoms. The lowest BCUT2D eigenvalue weighted by molar-refractivity contribution is 0.0857. The molecule has 4 fully saturated rings. The Kier molecular flexibility index (Phi) is 2.52. The first kappa shape index (κ1) is 10.8. The van der Waals surface area contributed by atoms with Crippen LogP contribution in [0, 0.1) is 23.7 Å². The van der Waals surface area contributed by atoms with Crippen molar-refractivity contribution >= 4 is 0 Å². The standard InChI is InChI=1S/C15H25NO/c16-14(13-8-12-3-4-15(13)17-12)7-11-6-9-1-2-10(11)5-9/h9-15H,1-8,16H2. The van der Waals surface area contributed by atoms with E-state index in [1.165, 1.54) is 51.4 Å². The first-order valence-electron chi connectivity index (χ1n) is 7.70. The van der Waals surface area contributed by atoms with Gasteiger partial charge in [0.25, 0.3) is 0 Å². The third-order valence-electron chi connectivity index (χ3n) is 6.16. The fourth-order valence-corrected chi connectivity index (χ4v) is 5.32. The maximum absolute atomic E-state index is 6.50. The van der Waals surface area contributed by atoms with E-state index in [1.54, 1.807) is 0 Å². The van der Waals surface area contributed by atoms with E-state index in [9.17, 15) is 0 Å². The van der Waals surface area contributed by atoms with E-state index < -0.39 is 0 Å². The highest BCUT2D eigenvalue weighted by molar-refractivity contribution is 4.97. The summed E-state index contributed by atoms with van der Waals surface area (Å²) in [5.74, 6) is 3.75. The van der Waals surface area contributed by atoms with E-state index in [-0.39, 0.29) is 0 Å². The Bertz CT molecular complexity index is 305. The first-order chi connectivity index (χ1) is 8.29. The molecule has 2 heteroatoms. The van der Waals surface area contributed by atoms with Gasteiger partial charge in [0.2, 0.25) is 0 Å². The van der Waals surface area contributed by atoms with Gasteiger partial charge in [0, 0.05) is 12.0 Å². The predicted octanol–water partition coefficient (Wildman–Crippen LogP) is 2.71. The Balaban J connectivity index is 1.36. The van der Waals surface area contributed by atoms with Gasteiger partial charge in [0.15, 0.2) is 0 Å². The number of nitrogens with two attached hydrogens (primary N) is 1. The van der Waals surface area contributed by atoms with Gasteiger partial charge in [-0.2, -0.15) is 0 Å². The van der Waals surface area contributed by atoms with Crippen LogP contribution in [0.3, 0.4) is 0 Å². The third-order valence-corrected chi connectivity index (χ3v) is 6.16. The van der Waals surface area contributed by atoms with Crippen molar-refractivity contribution < 1.29 is 4.74 Å². The van der Waals surface area contributed by atoms with Crippen molar-refractivity contribution in [3.63, 3.8) is 0 Å². The molecule has 0 amide bonds. The third kappa shape index (κ3) is 1.76. The fraction of sp³-hybridized carbons (Fsp3) is 1.00. The molecular formula is C15H25NO. The normalized spacial score (nSPS) is 53.5. The first-order valence-corrected chi connectivity index (χ1v) is 7.70. The van der Waals surface area contributed by atoms with Gasteiger partial charge in [-0.15, -0.1) is 0 Å². The molecule has 7 unspecified atom stereocenters. The zero-order valence-corrected chi connectivity index (χ0v) is 10.7. The Morgan fingerprint density at radius 3 is 2.59 bits per heavy atom. The van der Waals surface area contributed by atoms with Crippen LogP contribution in [0.5, 0.6) is 0 Å². The predicted molar refractivity (Wildman–Crippen MR) is 67.5 cm³/mol. The van der Waals surface area contributed by atoms with Gasteiger partial charge in [-0.1, -0.05) is 6.42 Å². The Morgan fingerprint density at radius 1 is 1.06 bits per heavy atom. The van der Waals surface area contributed by atoms with Crippen LogP contribution in [0.2, 0.25) is 0 Å². The molecule has 2 aliphatic heterocycles. The SMILES string of the molecule is NC(CC1CC2CCC1C2)C1CC2CCC1O2. The topological polar surface area (TPSA) is 35.2 Å².